The van der Waals surface area contributed by atoms with Crippen molar-refractivity contribution in [1.82, 2.24) is 4.90 Å². The van der Waals surface area contributed by atoms with E-state index in [2.05, 4.69) is 29.2 Å². The smallest absolute Gasteiger partial charge is 0.223 e. The molecule has 0 spiro atoms. The summed E-state index contributed by atoms with van der Waals surface area (Å²) in [6.07, 6.45) is 9.91. The van der Waals surface area contributed by atoms with Gasteiger partial charge < -0.3 is 10.6 Å². The van der Waals surface area contributed by atoms with Crippen molar-refractivity contribution in [2.75, 3.05) is 6.54 Å². The lowest BCUT2D eigenvalue weighted by molar-refractivity contribution is -0.134. The molecule has 2 atom stereocenters. The highest BCUT2D eigenvalue weighted by Crippen LogP contribution is 2.30. The maximum Gasteiger partial charge on any atom is 0.223 e. The monoisotopic (exact) mass is 350 g/mol. The Hall–Kier alpha value is -1.06. The lowest BCUT2D eigenvalue weighted by Crippen LogP contribution is -2.42. The van der Waals surface area contributed by atoms with Gasteiger partial charge in [-0.15, -0.1) is 12.4 Å². The molecule has 3 rings (SSSR count). The highest BCUT2D eigenvalue weighted by atomic mass is 35.5. The Morgan fingerprint density at radius 1 is 1.04 bits per heavy atom. The van der Waals surface area contributed by atoms with E-state index in [9.17, 15) is 4.79 Å². The first kappa shape index (κ1) is 19.3. The SMILES string of the molecule is Cl.N[C@@H]1CCC[C@H]1CC(=O)N(CCc1ccccc1)C1CCCC1. The van der Waals surface area contributed by atoms with Crippen LogP contribution in [0, 0.1) is 5.92 Å². The Kier molecular flexibility index (Phi) is 7.57. The molecule has 0 saturated heterocycles. The molecule has 3 nitrogen and oxygen atoms in total. The Labute approximate surface area is 152 Å². The number of hydrogen-bond donors (Lipinski definition) is 1. The Morgan fingerprint density at radius 3 is 2.38 bits per heavy atom. The maximum absolute atomic E-state index is 12.9. The number of halogens is 1. The summed E-state index contributed by atoms with van der Waals surface area (Å²) in [5.74, 6) is 0.748. The number of carbonyl (C=O) groups excluding carboxylic acids is 1. The van der Waals surface area contributed by atoms with Gasteiger partial charge in [-0.2, -0.15) is 0 Å². The molecule has 0 aromatic heterocycles. The normalized spacial score (nSPS) is 23.9. The van der Waals surface area contributed by atoms with Crippen molar-refractivity contribution >= 4 is 18.3 Å². The second-order valence-corrected chi connectivity index (χ2v) is 7.32. The van der Waals surface area contributed by atoms with Gasteiger partial charge in [-0.05, 0) is 43.6 Å². The van der Waals surface area contributed by atoms with E-state index in [1.54, 1.807) is 0 Å². The molecule has 0 unspecified atom stereocenters. The predicted molar refractivity (Wildman–Crippen MR) is 101 cm³/mol. The van der Waals surface area contributed by atoms with Crippen LogP contribution < -0.4 is 5.73 Å². The average molecular weight is 351 g/mol. The molecule has 2 aliphatic carbocycles. The summed E-state index contributed by atoms with van der Waals surface area (Å²) >= 11 is 0. The molecule has 24 heavy (non-hydrogen) atoms. The lowest BCUT2D eigenvalue weighted by Gasteiger charge is -2.31. The third kappa shape index (κ3) is 4.97. The van der Waals surface area contributed by atoms with Crippen LogP contribution in [-0.4, -0.2) is 29.4 Å². The van der Waals surface area contributed by atoms with Crippen molar-refractivity contribution in [3.05, 3.63) is 35.9 Å². The van der Waals surface area contributed by atoms with Crippen LogP contribution in [0.3, 0.4) is 0 Å². The van der Waals surface area contributed by atoms with Gasteiger partial charge in [-0.25, -0.2) is 0 Å². The number of amides is 1. The molecule has 2 aliphatic rings. The quantitative estimate of drug-likeness (QED) is 0.844. The first-order chi connectivity index (χ1) is 11.2. The van der Waals surface area contributed by atoms with Gasteiger partial charge in [0.2, 0.25) is 5.91 Å². The molecule has 2 N–H and O–H groups in total. The van der Waals surface area contributed by atoms with Crippen LogP contribution in [0.4, 0.5) is 0 Å². The van der Waals surface area contributed by atoms with Crippen LogP contribution in [0.25, 0.3) is 0 Å². The van der Waals surface area contributed by atoms with E-state index in [-0.39, 0.29) is 18.4 Å². The summed E-state index contributed by atoms with van der Waals surface area (Å²) < 4.78 is 0. The van der Waals surface area contributed by atoms with E-state index in [1.165, 1.54) is 37.7 Å². The highest BCUT2D eigenvalue weighted by Gasteiger charge is 2.31. The number of benzene rings is 1. The van der Waals surface area contributed by atoms with Crippen molar-refractivity contribution < 1.29 is 4.79 Å². The van der Waals surface area contributed by atoms with E-state index >= 15 is 0 Å². The van der Waals surface area contributed by atoms with Crippen molar-refractivity contribution in [3.63, 3.8) is 0 Å². The fourth-order valence-corrected chi connectivity index (χ4v) is 4.28. The Morgan fingerprint density at radius 2 is 1.75 bits per heavy atom. The zero-order chi connectivity index (χ0) is 16.1. The van der Waals surface area contributed by atoms with Crippen LogP contribution >= 0.6 is 12.4 Å². The summed E-state index contributed by atoms with van der Waals surface area (Å²) in [7, 11) is 0. The molecule has 0 bridgehead atoms. The van der Waals surface area contributed by atoms with E-state index in [0.29, 0.717) is 24.3 Å². The summed E-state index contributed by atoms with van der Waals surface area (Å²) in [6, 6.07) is 11.2. The lowest BCUT2D eigenvalue weighted by atomic mass is 9.98. The minimum atomic E-state index is 0. The van der Waals surface area contributed by atoms with Crippen molar-refractivity contribution in [2.24, 2.45) is 11.7 Å². The number of nitrogens with zero attached hydrogens (tertiary/aromatic N) is 1. The molecule has 1 amide bonds. The first-order valence-electron chi connectivity index (χ1n) is 9.33. The molecule has 134 valence electrons. The van der Waals surface area contributed by atoms with E-state index in [1.807, 2.05) is 6.07 Å². The molecular formula is C20H31ClN2O. The van der Waals surface area contributed by atoms with Crippen molar-refractivity contribution in [3.8, 4) is 0 Å². The van der Waals surface area contributed by atoms with Gasteiger partial charge in [0.25, 0.3) is 0 Å². The number of hydrogen-bond acceptors (Lipinski definition) is 2. The van der Waals surface area contributed by atoms with Gasteiger partial charge in [0.1, 0.15) is 0 Å². The van der Waals surface area contributed by atoms with E-state index in [0.717, 1.165) is 25.8 Å². The fraction of sp³-hybridized carbons (Fsp3) is 0.650. The first-order valence-corrected chi connectivity index (χ1v) is 9.33. The van der Waals surface area contributed by atoms with Crippen LogP contribution in [0.2, 0.25) is 0 Å². The summed E-state index contributed by atoms with van der Waals surface area (Å²) in [6.45, 7) is 0.857. The third-order valence-electron chi connectivity index (χ3n) is 5.72. The van der Waals surface area contributed by atoms with Crippen LogP contribution in [-0.2, 0) is 11.2 Å². The van der Waals surface area contributed by atoms with Gasteiger partial charge in [0.15, 0.2) is 0 Å². The zero-order valence-electron chi connectivity index (χ0n) is 14.5. The largest absolute Gasteiger partial charge is 0.339 e. The summed E-state index contributed by atoms with van der Waals surface area (Å²) in [5, 5.41) is 0. The number of carbonyl (C=O) groups is 1. The summed E-state index contributed by atoms with van der Waals surface area (Å²) in [5.41, 5.74) is 7.50. The molecule has 4 heteroatoms. The van der Waals surface area contributed by atoms with Gasteiger partial charge in [-0.3, -0.25) is 4.79 Å². The van der Waals surface area contributed by atoms with Gasteiger partial charge >= 0.3 is 0 Å². The van der Waals surface area contributed by atoms with E-state index < -0.39 is 0 Å². The summed E-state index contributed by atoms with van der Waals surface area (Å²) in [4.78, 5) is 15.1. The molecule has 0 radical (unpaired) electrons. The van der Waals surface area contributed by atoms with Gasteiger partial charge in [0.05, 0.1) is 0 Å². The van der Waals surface area contributed by atoms with Crippen LogP contribution in [0.15, 0.2) is 30.3 Å². The van der Waals surface area contributed by atoms with Gasteiger partial charge in [0, 0.05) is 25.0 Å². The number of rotatable bonds is 6. The second-order valence-electron chi connectivity index (χ2n) is 7.32. The predicted octanol–water partition coefficient (Wildman–Crippen LogP) is 3.94. The minimum absolute atomic E-state index is 0. The van der Waals surface area contributed by atoms with Crippen LogP contribution in [0.1, 0.15) is 56.9 Å². The molecule has 0 aliphatic heterocycles. The molecule has 0 heterocycles. The molecular weight excluding hydrogens is 320 g/mol. The third-order valence-corrected chi connectivity index (χ3v) is 5.72. The number of nitrogens with two attached hydrogens (primary N) is 1. The Bertz CT molecular complexity index is 502. The molecule has 2 fully saturated rings. The second kappa shape index (κ2) is 9.43. The minimum Gasteiger partial charge on any atom is -0.339 e. The molecule has 2 saturated carbocycles. The fourth-order valence-electron chi connectivity index (χ4n) is 4.28. The highest BCUT2D eigenvalue weighted by molar-refractivity contribution is 5.85. The topological polar surface area (TPSA) is 46.3 Å². The Balaban J connectivity index is 0.00000208. The maximum atomic E-state index is 12.9. The van der Waals surface area contributed by atoms with Crippen LogP contribution in [0.5, 0.6) is 0 Å². The standard InChI is InChI=1S/C20H30N2O.ClH/c21-19-12-6-9-17(19)15-20(23)22(18-10-4-5-11-18)14-13-16-7-2-1-3-8-16;/h1-3,7-8,17-19H,4-6,9-15,21H2;1H/t17-,19+;/m0./s1. The van der Waals surface area contributed by atoms with Crippen molar-refractivity contribution in [1.29, 1.82) is 0 Å². The molecule has 1 aromatic carbocycles. The van der Waals surface area contributed by atoms with Crippen molar-refractivity contribution in [2.45, 2.75) is 69.9 Å². The van der Waals surface area contributed by atoms with Gasteiger partial charge in [-0.1, -0.05) is 49.6 Å². The van der Waals surface area contributed by atoms with E-state index in [4.69, 9.17) is 5.73 Å². The molecule has 1 aromatic rings. The zero-order valence-corrected chi connectivity index (χ0v) is 15.3. The average Bonchev–Trinajstić information content (AvgIpc) is 3.22.